The number of carbonyl (C=O) groups excluding carboxylic acids is 1. The number of likely N-dealkylation sites (tertiary alicyclic amines) is 1. The smallest absolute Gasteiger partial charge is 0.256 e. The van der Waals surface area contributed by atoms with Gasteiger partial charge in [0.1, 0.15) is 17.4 Å². The lowest BCUT2D eigenvalue weighted by atomic mass is 10.1. The summed E-state index contributed by atoms with van der Waals surface area (Å²) >= 11 is 0. The van der Waals surface area contributed by atoms with E-state index in [2.05, 4.69) is 22.1 Å². The molecule has 158 valence electrons. The maximum atomic E-state index is 14.1. The van der Waals surface area contributed by atoms with Crippen molar-refractivity contribution in [2.75, 3.05) is 13.7 Å². The number of nitrogens with one attached hydrogen (secondary N) is 1. The number of halogens is 1. The lowest BCUT2D eigenvalue weighted by Crippen LogP contribution is -2.32. The molecule has 1 fully saturated rings. The van der Waals surface area contributed by atoms with Gasteiger partial charge in [0.25, 0.3) is 5.91 Å². The Morgan fingerprint density at radius 3 is 2.77 bits per heavy atom. The number of aromatic nitrogens is 5. The highest BCUT2D eigenvalue weighted by Crippen LogP contribution is 2.36. The largest absolute Gasteiger partial charge is 0.497 e. The van der Waals surface area contributed by atoms with Crippen LogP contribution in [-0.2, 0) is 0 Å². The van der Waals surface area contributed by atoms with E-state index in [0.717, 1.165) is 23.2 Å². The minimum Gasteiger partial charge on any atom is -0.497 e. The minimum absolute atomic E-state index is 0.216. The average Bonchev–Trinajstić information content (AvgIpc) is 3.51. The molecule has 2 aromatic heterocycles. The molecule has 0 spiro atoms. The standard InChI is InChI=1S/C22H21FN6O2/c1-13-9-20(21-26-17-5-4-15(31-2)11-18(17)27-21)28(12-13)22(30)16-10-14(23)3-6-19(16)29-24-7-8-25-29/h3-8,10-11,13,20H,9,12H2,1-2H3,(H,26,27). The van der Waals surface area contributed by atoms with Crippen molar-refractivity contribution in [3.05, 3.63) is 66.0 Å². The molecule has 9 heteroatoms. The third kappa shape index (κ3) is 3.41. The van der Waals surface area contributed by atoms with E-state index in [1.165, 1.54) is 35.4 Å². The van der Waals surface area contributed by atoms with Gasteiger partial charge in [-0.1, -0.05) is 6.92 Å². The number of imidazole rings is 1. The van der Waals surface area contributed by atoms with Crippen LogP contribution in [0, 0.1) is 11.7 Å². The summed E-state index contributed by atoms with van der Waals surface area (Å²) in [6, 6.07) is 9.43. The molecule has 31 heavy (non-hydrogen) atoms. The molecule has 2 aromatic carbocycles. The highest BCUT2D eigenvalue weighted by atomic mass is 19.1. The van der Waals surface area contributed by atoms with Crippen LogP contribution in [0.2, 0.25) is 0 Å². The highest BCUT2D eigenvalue weighted by Gasteiger charge is 2.37. The van der Waals surface area contributed by atoms with E-state index in [1.807, 2.05) is 18.2 Å². The Morgan fingerprint density at radius 2 is 2.00 bits per heavy atom. The van der Waals surface area contributed by atoms with Gasteiger partial charge in [0.15, 0.2) is 0 Å². The third-order valence-electron chi connectivity index (χ3n) is 5.62. The van der Waals surface area contributed by atoms with Crippen LogP contribution in [-0.4, -0.2) is 49.4 Å². The van der Waals surface area contributed by atoms with Crippen molar-refractivity contribution >= 4 is 16.9 Å². The Hall–Kier alpha value is -3.75. The number of benzene rings is 2. The van der Waals surface area contributed by atoms with Gasteiger partial charge in [-0.3, -0.25) is 4.79 Å². The summed E-state index contributed by atoms with van der Waals surface area (Å²) in [4.78, 5) is 24.7. The Morgan fingerprint density at radius 1 is 1.19 bits per heavy atom. The molecule has 0 radical (unpaired) electrons. The number of amides is 1. The quantitative estimate of drug-likeness (QED) is 0.546. The fourth-order valence-electron chi connectivity index (χ4n) is 4.17. The van der Waals surface area contributed by atoms with Crippen LogP contribution < -0.4 is 4.74 Å². The third-order valence-corrected chi connectivity index (χ3v) is 5.62. The van der Waals surface area contributed by atoms with E-state index in [9.17, 15) is 9.18 Å². The van der Waals surface area contributed by atoms with E-state index >= 15 is 0 Å². The van der Waals surface area contributed by atoms with Gasteiger partial charge in [-0.25, -0.2) is 9.37 Å². The zero-order valence-corrected chi connectivity index (χ0v) is 17.1. The molecule has 3 heterocycles. The van der Waals surface area contributed by atoms with Crippen LogP contribution >= 0.6 is 0 Å². The number of methoxy groups -OCH3 is 1. The van der Waals surface area contributed by atoms with Crippen molar-refractivity contribution < 1.29 is 13.9 Å². The number of fused-ring (bicyclic) bond motifs is 1. The molecule has 4 aromatic rings. The van der Waals surface area contributed by atoms with Crippen LogP contribution in [0.3, 0.4) is 0 Å². The van der Waals surface area contributed by atoms with E-state index in [-0.39, 0.29) is 23.4 Å². The predicted molar refractivity (Wildman–Crippen MR) is 112 cm³/mol. The van der Waals surface area contributed by atoms with Crippen LogP contribution in [0.25, 0.3) is 16.7 Å². The normalized spacial score (nSPS) is 18.6. The monoisotopic (exact) mass is 420 g/mol. The van der Waals surface area contributed by atoms with E-state index in [1.54, 1.807) is 12.0 Å². The summed E-state index contributed by atoms with van der Waals surface area (Å²) in [6.07, 6.45) is 3.79. The summed E-state index contributed by atoms with van der Waals surface area (Å²) in [7, 11) is 1.61. The van der Waals surface area contributed by atoms with Gasteiger partial charge in [-0.05, 0) is 42.7 Å². The van der Waals surface area contributed by atoms with Gasteiger partial charge in [0.2, 0.25) is 0 Å². The second-order valence-electron chi connectivity index (χ2n) is 7.80. The van der Waals surface area contributed by atoms with Crippen molar-refractivity contribution in [1.29, 1.82) is 0 Å². The van der Waals surface area contributed by atoms with E-state index in [0.29, 0.717) is 18.1 Å². The molecule has 0 aliphatic carbocycles. The Balaban J connectivity index is 1.54. The molecule has 2 atom stereocenters. The van der Waals surface area contributed by atoms with Crippen LogP contribution in [0.1, 0.15) is 35.6 Å². The summed E-state index contributed by atoms with van der Waals surface area (Å²) in [5.74, 6) is 0.931. The van der Waals surface area contributed by atoms with E-state index < -0.39 is 5.82 Å². The summed E-state index contributed by atoms with van der Waals surface area (Å²) in [6.45, 7) is 2.64. The lowest BCUT2D eigenvalue weighted by molar-refractivity contribution is 0.0726. The number of H-pyrrole nitrogens is 1. The molecule has 8 nitrogen and oxygen atoms in total. The number of carbonyl (C=O) groups is 1. The summed E-state index contributed by atoms with van der Waals surface area (Å²) in [5.41, 5.74) is 2.29. The van der Waals surface area contributed by atoms with Gasteiger partial charge < -0.3 is 14.6 Å². The zero-order chi connectivity index (χ0) is 21.5. The summed E-state index contributed by atoms with van der Waals surface area (Å²) in [5, 5.41) is 8.21. The maximum Gasteiger partial charge on any atom is 0.256 e. The summed E-state index contributed by atoms with van der Waals surface area (Å²) < 4.78 is 19.4. The molecule has 0 saturated carbocycles. The van der Waals surface area contributed by atoms with E-state index in [4.69, 9.17) is 9.72 Å². The topological polar surface area (TPSA) is 88.9 Å². The molecule has 0 bridgehead atoms. The first-order chi connectivity index (χ1) is 15.0. The zero-order valence-electron chi connectivity index (χ0n) is 17.1. The van der Waals surface area contributed by atoms with Gasteiger partial charge in [0, 0.05) is 12.6 Å². The average molecular weight is 420 g/mol. The molecule has 2 unspecified atom stereocenters. The Bertz CT molecular complexity index is 1250. The van der Waals surface area contributed by atoms with Crippen LogP contribution in [0.4, 0.5) is 4.39 Å². The molecule has 5 rings (SSSR count). The van der Waals surface area contributed by atoms with Gasteiger partial charge in [-0.15, -0.1) is 0 Å². The Labute approximate surface area is 177 Å². The number of ether oxygens (including phenoxy) is 1. The van der Waals surface area contributed by atoms with Crippen LogP contribution in [0.5, 0.6) is 5.75 Å². The number of hydrogen-bond acceptors (Lipinski definition) is 5. The van der Waals surface area contributed by atoms with Crippen molar-refractivity contribution in [3.8, 4) is 11.4 Å². The van der Waals surface area contributed by atoms with Gasteiger partial charge in [-0.2, -0.15) is 15.0 Å². The molecule has 1 N–H and O–H groups in total. The second kappa shape index (κ2) is 7.50. The van der Waals surface area contributed by atoms with Crippen molar-refractivity contribution in [3.63, 3.8) is 0 Å². The maximum absolute atomic E-state index is 14.1. The van der Waals surface area contributed by atoms with Crippen molar-refractivity contribution in [2.24, 2.45) is 5.92 Å². The molecular formula is C22H21FN6O2. The highest BCUT2D eigenvalue weighted by molar-refractivity contribution is 5.98. The van der Waals surface area contributed by atoms with Gasteiger partial charge in [0.05, 0.1) is 47.8 Å². The van der Waals surface area contributed by atoms with Crippen molar-refractivity contribution in [1.82, 2.24) is 29.9 Å². The second-order valence-corrected chi connectivity index (χ2v) is 7.80. The Kier molecular flexibility index (Phi) is 4.65. The number of nitrogens with zero attached hydrogens (tertiary/aromatic N) is 5. The molecule has 1 amide bonds. The fourth-order valence-corrected chi connectivity index (χ4v) is 4.17. The number of aromatic amines is 1. The lowest BCUT2D eigenvalue weighted by Gasteiger charge is -2.24. The fraction of sp³-hybridized carbons (Fsp3) is 0.273. The van der Waals surface area contributed by atoms with Crippen molar-refractivity contribution in [2.45, 2.75) is 19.4 Å². The molecule has 1 aliphatic heterocycles. The molecule has 1 saturated heterocycles. The first-order valence-corrected chi connectivity index (χ1v) is 10.0. The number of rotatable bonds is 4. The first kappa shape index (κ1) is 19.2. The van der Waals surface area contributed by atoms with Crippen LogP contribution in [0.15, 0.2) is 48.8 Å². The predicted octanol–water partition coefficient (Wildman–Crippen LogP) is 3.51. The molecular weight excluding hydrogens is 399 g/mol. The van der Waals surface area contributed by atoms with Gasteiger partial charge >= 0.3 is 0 Å². The molecule has 1 aliphatic rings. The first-order valence-electron chi connectivity index (χ1n) is 10.0. The SMILES string of the molecule is COc1ccc2[nH]c(C3CC(C)CN3C(=O)c3cc(F)ccc3-n3nccn3)nc2c1. The minimum atomic E-state index is -0.487. The number of hydrogen-bond donors (Lipinski definition) is 1.